The summed E-state index contributed by atoms with van der Waals surface area (Å²) >= 11 is 3.22. The van der Waals surface area contributed by atoms with Gasteiger partial charge in [-0.25, -0.2) is 0 Å². The van der Waals surface area contributed by atoms with Crippen molar-refractivity contribution in [1.29, 1.82) is 0 Å². The second-order valence-corrected chi connectivity index (χ2v) is 5.80. The van der Waals surface area contributed by atoms with Crippen molar-refractivity contribution in [2.75, 3.05) is 11.1 Å². The Hall–Kier alpha value is -1.14. The molecule has 0 unspecified atom stereocenters. The van der Waals surface area contributed by atoms with Crippen LogP contribution in [-0.2, 0) is 19.4 Å². The predicted molar refractivity (Wildman–Crippen MR) is 68.0 cm³/mol. The van der Waals surface area contributed by atoms with Gasteiger partial charge in [0, 0.05) is 21.3 Å². The second kappa shape index (κ2) is 4.03. The Morgan fingerprint density at radius 1 is 1.44 bits per heavy atom. The van der Waals surface area contributed by atoms with Crippen molar-refractivity contribution in [3.8, 4) is 0 Å². The molecule has 0 amide bonds. The summed E-state index contributed by atoms with van der Waals surface area (Å²) < 4.78 is 3.93. The molecule has 0 saturated heterocycles. The summed E-state index contributed by atoms with van der Waals surface area (Å²) in [7, 11) is 0. The molecule has 0 atom stereocenters. The number of aryl methyl sites for hydroxylation is 2. The van der Waals surface area contributed by atoms with Crippen molar-refractivity contribution in [1.82, 2.24) is 9.36 Å². The number of aromatic nitrogens is 2. The number of nitrogens with one attached hydrogen (secondary N) is 1. The molecule has 0 fully saturated rings. The smallest absolute Gasteiger partial charge is 0.233 e. The molecule has 2 aromatic heterocycles. The van der Waals surface area contributed by atoms with Crippen LogP contribution in [-0.4, -0.2) is 9.36 Å². The first-order valence-corrected chi connectivity index (χ1v) is 6.84. The van der Waals surface area contributed by atoms with E-state index in [0.717, 1.165) is 11.7 Å². The van der Waals surface area contributed by atoms with Crippen molar-refractivity contribution in [2.24, 2.45) is 0 Å². The highest BCUT2D eigenvalue weighted by Crippen LogP contribution is 2.31. The molecule has 1 aliphatic rings. The van der Waals surface area contributed by atoms with Gasteiger partial charge in [-0.1, -0.05) is 0 Å². The number of nitrogen functional groups attached to an aromatic ring is 1. The largest absolute Gasteiger partial charge is 0.367 e. The van der Waals surface area contributed by atoms with Gasteiger partial charge in [0.1, 0.15) is 0 Å². The maximum absolute atomic E-state index is 5.46. The molecule has 2 heterocycles. The molecule has 0 aliphatic heterocycles. The first kappa shape index (κ1) is 10.0. The summed E-state index contributed by atoms with van der Waals surface area (Å²) in [6.07, 6.45) is 3.82. The molecule has 0 radical (unpaired) electrons. The first-order chi connectivity index (χ1) is 7.81. The monoisotopic (exact) mass is 252 g/mol. The zero-order valence-electron chi connectivity index (χ0n) is 8.69. The molecule has 0 saturated carbocycles. The molecule has 0 spiro atoms. The van der Waals surface area contributed by atoms with E-state index >= 15 is 0 Å². The Bertz CT molecular complexity index is 481. The highest BCUT2D eigenvalue weighted by Gasteiger charge is 2.14. The van der Waals surface area contributed by atoms with E-state index in [-0.39, 0.29) is 0 Å². The number of thiophene rings is 1. The van der Waals surface area contributed by atoms with Crippen molar-refractivity contribution in [3.05, 3.63) is 21.4 Å². The van der Waals surface area contributed by atoms with Gasteiger partial charge in [0.05, 0.1) is 6.54 Å². The summed E-state index contributed by atoms with van der Waals surface area (Å²) in [5.41, 5.74) is 7.00. The maximum Gasteiger partial charge on any atom is 0.233 e. The molecule has 2 aromatic rings. The van der Waals surface area contributed by atoms with Crippen molar-refractivity contribution in [2.45, 2.75) is 25.8 Å². The standard InChI is InChI=1S/C10H12N4S2/c11-9-13-10(16-14-9)12-5-7-4-6-2-1-3-8(6)15-7/h4H,1-3,5H2,(H3,11,12,13,14). The minimum absolute atomic E-state index is 0.348. The van der Waals surface area contributed by atoms with E-state index in [9.17, 15) is 0 Å². The van der Waals surface area contributed by atoms with Crippen LogP contribution in [0.2, 0.25) is 0 Å². The number of anilines is 2. The SMILES string of the molecule is Nc1nsc(NCc2cc3c(s2)CCC3)n1. The molecule has 0 bridgehead atoms. The molecule has 1 aliphatic carbocycles. The molecule has 16 heavy (non-hydrogen) atoms. The lowest BCUT2D eigenvalue weighted by Crippen LogP contribution is -1.97. The Kier molecular flexibility index (Phi) is 2.53. The summed E-state index contributed by atoms with van der Waals surface area (Å²) in [6, 6.07) is 2.31. The minimum Gasteiger partial charge on any atom is -0.367 e. The highest BCUT2D eigenvalue weighted by atomic mass is 32.1. The van der Waals surface area contributed by atoms with Crippen LogP contribution in [0.25, 0.3) is 0 Å². The lowest BCUT2D eigenvalue weighted by Gasteiger charge is -1.98. The molecule has 4 nitrogen and oxygen atoms in total. The number of fused-ring (bicyclic) bond motifs is 1. The van der Waals surface area contributed by atoms with Crippen LogP contribution in [0.1, 0.15) is 21.7 Å². The number of hydrogen-bond donors (Lipinski definition) is 2. The fourth-order valence-corrected chi connectivity index (χ4v) is 3.64. The molecule has 6 heteroatoms. The number of hydrogen-bond acceptors (Lipinski definition) is 6. The van der Waals surface area contributed by atoms with Crippen LogP contribution in [0.3, 0.4) is 0 Å². The van der Waals surface area contributed by atoms with Crippen molar-refractivity contribution >= 4 is 33.9 Å². The Balaban J connectivity index is 1.66. The third-order valence-corrected chi connectivity index (χ3v) is 4.58. The molecular weight excluding hydrogens is 240 g/mol. The van der Waals surface area contributed by atoms with Gasteiger partial charge >= 0.3 is 0 Å². The van der Waals surface area contributed by atoms with E-state index in [2.05, 4.69) is 20.7 Å². The van der Waals surface area contributed by atoms with Gasteiger partial charge in [-0.3, -0.25) is 0 Å². The quantitative estimate of drug-likeness (QED) is 0.879. The van der Waals surface area contributed by atoms with Gasteiger partial charge in [-0.05, 0) is 30.9 Å². The summed E-state index contributed by atoms with van der Waals surface area (Å²) in [5.74, 6) is 0.348. The van der Waals surface area contributed by atoms with E-state index in [1.54, 1.807) is 10.4 Å². The fraction of sp³-hybridized carbons (Fsp3) is 0.400. The summed E-state index contributed by atoms with van der Waals surface area (Å²) in [5, 5.41) is 4.04. The number of nitrogens with two attached hydrogens (primary N) is 1. The zero-order valence-corrected chi connectivity index (χ0v) is 10.3. The van der Waals surface area contributed by atoms with E-state index < -0.39 is 0 Å². The fourth-order valence-electron chi connectivity index (χ4n) is 1.95. The van der Waals surface area contributed by atoms with Crippen LogP contribution in [0.5, 0.6) is 0 Å². The lowest BCUT2D eigenvalue weighted by atomic mass is 10.2. The lowest BCUT2D eigenvalue weighted by molar-refractivity contribution is 0.913. The Morgan fingerprint density at radius 2 is 2.38 bits per heavy atom. The molecule has 84 valence electrons. The topological polar surface area (TPSA) is 63.8 Å². The van der Waals surface area contributed by atoms with E-state index in [4.69, 9.17) is 5.73 Å². The van der Waals surface area contributed by atoms with Gasteiger partial charge in [-0.15, -0.1) is 11.3 Å². The van der Waals surface area contributed by atoms with Crippen LogP contribution in [0.4, 0.5) is 11.1 Å². The molecule has 3 N–H and O–H groups in total. The van der Waals surface area contributed by atoms with Gasteiger partial charge in [0.15, 0.2) is 0 Å². The average molecular weight is 252 g/mol. The Morgan fingerprint density at radius 3 is 3.12 bits per heavy atom. The summed E-state index contributed by atoms with van der Waals surface area (Å²) in [6.45, 7) is 0.826. The second-order valence-electron chi connectivity index (χ2n) is 3.83. The van der Waals surface area contributed by atoms with Crippen molar-refractivity contribution < 1.29 is 0 Å². The Labute approximate surface area is 102 Å². The van der Waals surface area contributed by atoms with E-state index in [1.165, 1.54) is 35.7 Å². The predicted octanol–water partition coefficient (Wildman–Crippen LogP) is 2.28. The number of rotatable bonds is 3. The van der Waals surface area contributed by atoms with Crippen LogP contribution in [0.15, 0.2) is 6.07 Å². The van der Waals surface area contributed by atoms with Gasteiger partial charge in [0.2, 0.25) is 11.1 Å². The van der Waals surface area contributed by atoms with Crippen LogP contribution >= 0.6 is 22.9 Å². The zero-order chi connectivity index (χ0) is 11.0. The van der Waals surface area contributed by atoms with Crippen LogP contribution < -0.4 is 11.1 Å². The number of nitrogens with zero attached hydrogens (tertiary/aromatic N) is 2. The van der Waals surface area contributed by atoms with E-state index in [1.807, 2.05) is 11.3 Å². The van der Waals surface area contributed by atoms with E-state index in [0.29, 0.717) is 5.95 Å². The molecule has 3 rings (SSSR count). The third-order valence-electron chi connectivity index (χ3n) is 2.65. The summed E-state index contributed by atoms with van der Waals surface area (Å²) in [4.78, 5) is 7.00. The molecular formula is C10H12N4S2. The highest BCUT2D eigenvalue weighted by molar-refractivity contribution is 7.12. The first-order valence-electron chi connectivity index (χ1n) is 5.25. The van der Waals surface area contributed by atoms with Gasteiger partial charge < -0.3 is 11.1 Å². The average Bonchev–Trinajstić information content (AvgIpc) is 2.89. The normalized spacial score (nSPS) is 14.0. The van der Waals surface area contributed by atoms with Gasteiger partial charge in [-0.2, -0.15) is 9.36 Å². The maximum atomic E-state index is 5.46. The third kappa shape index (κ3) is 1.90. The van der Waals surface area contributed by atoms with Crippen LogP contribution in [0, 0.1) is 0 Å². The van der Waals surface area contributed by atoms with Gasteiger partial charge in [0.25, 0.3) is 0 Å². The molecule has 0 aromatic carbocycles. The minimum atomic E-state index is 0.348. The van der Waals surface area contributed by atoms with Crippen molar-refractivity contribution in [3.63, 3.8) is 0 Å².